The van der Waals surface area contributed by atoms with Crippen LogP contribution in [0.3, 0.4) is 0 Å². The zero-order chi connectivity index (χ0) is 16.2. The van der Waals surface area contributed by atoms with Crippen LogP contribution in [0.25, 0.3) is 0 Å². The van der Waals surface area contributed by atoms with Gasteiger partial charge in [0.15, 0.2) is 5.15 Å². The van der Waals surface area contributed by atoms with Crippen molar-refractivity contribution in [2.45, 2.75) is 39.2 Å². The third-order valence-electron chi connectivity index (χ3n) is 3.37. The van der Waals surface area contributed by atoms with Crippen molar-refractivity contribution in [3.8, 4) is 0 Å². The molecule has 6 nitrogen and oxygen atoms in total. The smallest absolute Gasteiger partial charge is 0.410 e. The van der Waals surface area contributed by atoms with Crippen LogP contribution in [0.5, 0.6) is 0 Å². The Balaban J connectivity index is 1.82. The molecule has 1 atom stereocenters. The molecule has 122 valence electrons. The van der Waals surface area contributed by atoms with Gasteiger partial charge >= 0.3 is 6.09 Å². The topological polar surface area (TPSA) is 67.3 Å². The van der Waals surface area contributed by atoms with E-state index in [1.807, 2.05) is 20.8 Å². The summed E-state index contributed by atoms with van der Waals surface area (Å²) in [6.45, 7) is 7.85. The van der Waals surface area contributed by atoms with Crippen LogP contribution >= 0.6 is 11.6 Å². The summed E-state index contributed by atoms with van der Waals surface area (Å²) in [6.07, 6.45) is 1.83. The maximum atomic E-state index is 12.1. The minimum absolute atomic E-state index is 0.233. The molecule has 0 saturated carbocycles. The Morgan fingerprint density at radius 1 is 1.45 bits per heavy atom. The van der Waals surface area contributed by atoms with Crippen LogP contribution in [0.4, 0.5) is 10.6 Å². The molecule has 0 aromatic carbocycles. The number of halogens is 1. The molecule has 0 aliphatic carbocycles. The number of carbonyl (C=O) groups is 1. The highest BCUT2D eigenvalue weighted by Crippen LogP contribution is 2.20. The maximum absolute atomic E-state index is 12.1. The van der Waals surface area contributed by atoms with Crippen LogP contribution in [-0.4, -0.2) is 46.4 Å². The van der Waals surface area contributed by atoms with E-state index in [1.54, 1.807) is 17.0 Å². The van der Waals surface area contributed by atoms with Crippen molar-refractivity contribution in [3.63, 3.8) is 0 Å². The predicted molar refractivity (Wildman–Crippen MR) is 86.1 cm³/mol. The maximum Gasteiger partial charge on any atom is 0.410 e. The molecule has 0 bridgehead atoms. The van der Waals surface area contributed by atoms with Crippen LogP contribution in [-0.2, 0) is 4.74 Å². The van der Waals surface area contributed by atoms with Gasteiger partial charge in [0, 0.05) is 19.6 Å². The van der Waals surface area contributed by atoms with E-state index in [-0.39, 0.29) is 6.09 Å². The second kappa shape index (κ2) is 7.13. The quantitative estimate of drug-likeness (QED) is 0.924. The summed E-state index contributed by atoms with van der Waals surface area (Å²) in [6, 6.07) is 3.49. The molecule has 1 aliphatic rings. The highest BCUT2D eigenvalue weighted by atomic mass is 35.5. The van der Waals surface area contributed by atoms with Gasteiger partial charge in [-0.05, 0) is 51.7 Å². The largest absolute Gasteiger partial charge is 0.444 e. The minimum atomic E-state index is -0.457. The first kappa shape index (κ1) is 16.8. The summed E-state index contributed by atoms with van der Waals surface area (Å²) in [5, 5.41) is 11.4. The van der Waals surface area contributed by atoms with Crippen molar-refractivity contribution in [2.24, 2.45) is 5.92 Å². The average Bonchev–Trinajstić information content (AvgIpc) is 2.45. The summed E-state index contributed by atoms with van der Waals surface area (Å²) in [5.74, 6) is 1.07. The number of nitrogens with one attached hydrogen (secondary N) is 1. The number of ether oxygens (including phenoxy) is 1. The lowest BCUT2D eigenvalue weighted by atomic mass is 9.98. The van der Waals surface area contributed by atoms with Crippen molar-refractivity contribution < 1.29 is 9.53 Å². The molecule has 0 spiro atoms. The van der Waals surface area contributed by atoms with E-state index in [0.29, 0.717) is 23.4 Å². The summed E-state index contributed by atoms with van der Waals surface area (Å²) in [7, 11) is 0. The SMILES string of the molecule is CC(C)(C)OC(=O)N1CCC[C@H](CNc2ccc(Cl)nn2)C1. The Labute approximate surface area is 136 Å². The number of likely N-dealkylation sites (tertiary alicyclic amines) is 1. The van der Waals surface area contributed by atoms with Crippen LogP contribution < -0.4 is 5.32 Å². The Bertz CT molecular complexity index is 501. The molecule has 0 unspecified atom stereocenters. The van der Waals surface area contributed by atoms with Crippen molar-refractivity contribution in [2.75, 3.05) is 25.0 Å². The number of aromatic nitrogens is 2. The molecule has 2 rings (SSSR count). The summed E-state index contributed by atoms with van der Waals surface area (Å²) < 4.78 is 5.43. The van der Waals surface area contributed by atoms with E-state index in [9.17, 15) is 4.79 Å². The Morgan fingerprint density at radius 2 is 2.23 bits per heavy atom. The summed E-state index contributed by atoms with van der Waals surface area (Å²) >= 11 is 5.71. The number of hydrogen-bond donors (Lipinski definition) is 1. The number of carbonyl (C=O) groups excluding carboxylic acids is 1. The monoisotopic (exact) mass is 326 g/mol. The molecule has 1 aromatic rings. The lowest BCUT2D eigenvalue weighted by Gasteiger charge is -2.34. The fourth-order valence-electron chi connectivity index (χ4n) is 2.38. The van der Waals surface area contributed by atoms with Gasteiger partial charge in [-0.2, -0.15) is 0 Å². The normalized spacial score (nSPS) is 18.9. The Hall–Kier alpha value is -1.56. The molecule has 1 aromatic heterocycles. The first-order chi connectivity index (χ1) is 10.3. The molecular formula is C15H23ClN4O2. The summed E-state index contributed by atoms with van der Waals surface area (Å²) in [4.78, 5) is 13.9. The molecule has 1 fully saturated rings. The molecule has 0 radical (unpaired) electrons. The van der Waals surface area contributed by atoms with Gasteiger partial charge in [-0.1, -0.05) is 11.6 Å². The number of nitrogens with zero attached hydrogens (tertiary/aromatic N) is 3. The first-order valence-electron chi connectivity index (χ1n) is 7.54. The molecule has 1 N–H and O–H groups in total. The van der Waals surface area contributed by atoms with E-state index in [4.69, 9.17) is 16.3 Å². The lowest BCUT2D eigenvalue weighted by Crippen LogP contribution is -2.44. The van der Waals surface area contributed by atoms with Gasteiger partial charge in [-0.25, -0.2) is 4.79 Å². The van der Waals surface area contributed by atoms with Gasteiger partial charge in [0.2, 0.25) is 0 Å². The van der Waals surface area contributed by atoms with E-state index < -0.39 is 5.60 Å². The third kappa shape index (κ3) is 5.33. The van der Waals surface area contributed by atoms with Crippen LogP contribution in [0.1, 0.15) is 33.6 Å². The fraction of sp³-hybridized carbons (Fsp3) is 0.667. The van der Waals surface area contributed by atoms with Crippen molar-refractivity contribution in [3.05, 3.63) is 17.3 Å². The Morgan fingerprint density at radius 3 is 2.86 bits per heavy atom. The molecule has 1 amide bonds. The zero-order valence-corrected chi connectivity index (χ0v) is 14.1. The number of amides is 1. The number of anilines is 1. The van der Waals surface area contributed by atoms with E-state index >= 15 is 0 Å². The second-order valence-corrected chi connectivity index (χ2v) is 6.94. The van der Waals surface area contributed by atoms with Gasteiger partial charge in [0.1, 0.15) is 11.4 Å². The Kier molecular flexibility index (Phi) is 5.45. The standard InChI is InChI=1S/C15H23ClN4O2/c1-15(2,3)22-14(21)20-8-4-5-11(10-20)9-17-13-7-6-12(16)18-19-13/h6-7,11H,4-5,8-10H2,1-3H3,(H,17,19)/t11-/m1/s1. The predicted octanol–water partition coefficient (Wildman–Crippen LogP) is 3.19. The highest BCUT2D eigenvalue weighted by Gasteiger charge is 2.27. The van der Waals surface area contributed by atoms with E-state index in [2.05, 4.69) is 15.5 Å². The van der Waals surface area contributed by atoms with Crippen molar-refractivity contribution in [1.82, 2.24) is 15.1 Å². The lowest BCUT2D eigenvalue weighted by molar-refractivity contribution is 0.0172. The first-order valence-corrected chi connectivity index (χ1v) is 7.92. The molecule has 2 heterocycles. The van der Waals surface area contributed by atoms with Crippen LogP contribution in [0.15, 0.2) is 12.1 Å². The summed E-state index contributed by atoms with van der Waals surface area (Å²) in [5.41, 5.74) is -0.457. The van der Waals surface area contributed by atoms with Gasteiger partial charge in [-0.15, -0.1) is 10.2 Å². The van der Waals surface area contributed by atoms with E-state index in [1.165, 1.54) is 0 Å². The van der Waals surface area contributed by atoms with E-state index in [0.717, 1.165) is 25.9 Å². The van der Waals surface area contributed by atoms with Gasteiger partial charge in [-0.3, -0.25) is 0 Å². The highest BCUT2D eigenvalue weighted by molar-refractivity contribution is 6.29. The average molecular weight is 327 g/mol. The number of piperidine rings is 1. The van der Waals surface area contributed by atoms with Crippen molar-refractivity contribution in [1.29, 1.82) is 0 Å². The van der Waals surface area contributed by atoms with Crippen LogP contribution in [0.2, 0.25) is 5.15 Å². The fourth-order valence-corrected chi connectivity index (χ4v) is 2.48. The zero-order valence-electron chi connectivity index (χ0n) is 13.3. The van der Waals surface area contributed by atoms with Gasteiger partial charge in [0.05, 0.1) is 0 Å². The van der Waals surface area contributed by atoms with Crippen molar-refractivity contribution >= 4 is 23.5 Å². The third-order valence-corrected chi connectivity index (χ3v) is 3.58. The number of hydrogen-bond acceptors (Lipinski definition) is 5. The molecule has 1 saturated heterocycles. The minimum Gasteiger partial charge on any atom is -0.444 e. The second-order valence-electron chi connectivity index (χ2n) is 6.56. The molecule has 22 heavy (non-hydrogen) atoms. The molecular weight excluding hydrogens is 304 g/mol. The van der Waals surface area contributed by atoms with Crippen LogP contribution in [0, 0.1) is 5.92 Å². The molecule has 7 heteroatoms. The van der Waals surface area contributed by atoms with Gasteiger partial charge in [0.25, 0.3) is 0 Å². The van der Waals surface area contributed by atoms with Gasteiger partial charge < -0.3 is 15.0 Å². The molecule has 1 aliphatic heterocycles. The number of rotatable bonds is 3.